The number of ether oxygens (including phenoxy) is 1. The molecule has 0 saturated carbocycles. The van der Waals surface area contributed by atoms with Gasteiger partial charge in [-0.15, -0.1) is 11.3 Å². The standard InChI is InChI=1S/C21H18ClF3N4O4S/c22-17-4-3-16(34-17)20(32)26-8-12-9-29(18(10-30)27-12)13-1-2-15(14(7-13)21(23,24)25)28-5-6-33-11-19(28)31/h1-4,7,9,30H,5-6,8,10-11H2,(H,26,32). The predicted molar refractivity (Wildman–Crippen MR) is 118 cm³/mol. The van der Waals surface area contributed by atoms with Crippen LogP contribution in [0.15, 0.2) is 36.5 Å². The molecule has 1 aromatic carbocycles. The predicted octanol–water partition coefficient (Wildman–Crippen LogP) is 3.39. The first-order valence-electron chi connectivity index (χ1n) is 9.98. The van der Waals surface area contributed by atoms with Gasteiger partial charge in [-0.1, -0.05) is 11.6 Å². The largest absolute Gasteiger partial charge is 0.418 e. The molecule has 0 radical (unpaired) electrons. The van der Waals surface area contributed by atoms with Gasteiger partial charge in [0.05, 0.1) is 39.3 Å². The lowest BCUT2D eigenvalue weighted by Crippen LogP contribution is -2.42. The van der Waals surface area contributed by atoms with E-state index < -0.39 is 24.3 Å². The summed E-state index contributed by atoms with van der Waals surface area (Å²) in [5.41, 5.74) is -0.837. The highest BCUT2D eigenvalue weighted by molar-refractivity contribution is 7.17. The maximum absolute atomic E-state index is 13.9. The molecule has 2 aromatic heterocycles. The van der Waals surface area contributed by atoms with Crippen LogP contribution in [0.4, 0.5) is 18.9 Å². The molecule has 1 aliphatic heterocycles. The summed E-state index contributed by atoms with van der Waals surface area (Å²) in [6.07, 6.45) is -3.30. The fourth-order valence-electron chi connectivity index (χ4n) is 3.50. The smallest absolute Gasteiger partial charge is 0.388 e. The molecule has 13 heteroatoms. The molecule has 2 N–H and O–H groups in total. The number of benzene rings is 1. The summed E-state index contributed by atoms with van der Waals surface area (Å²) < 4.78 is 48.4. The molecule has 1 fully saturated rings. The normalized spacial score (nSPS) is 14.5. The second-order valence-electron chi connectivity index (χ2n) is 7.26. The van der Waals surface area contributed by atoms with E-state index in [9.17, 15) is 27.9 Å². The van der Waals surface area contributed by atoms with Gasteiger partial charge in [0.25, 0.3) is 11.8 Å². The summed E-state index contributed by atoms with van der Waals surface area (Å²) in [5, 5.41) is 12.4. The molecule has 0 atom stereocenters. The van der Waals surface area contributed by atoms with Gasteiger partial charge in [-0.2, -0.15) is 13.2 Å². The number of imidazole rings is 1. The van der Waals surface area contributed by atoms with Crippen molar-refractivity contribution >= 4 is 40.4 Å². The molecule has 1 saturated heterocycles. The summed E-state index contributed by atoms with van der Waals surface area (Å²) in [4.78, 5) is 30.0. The Morgan fingerprint density at radius 3 is 2.74 bits per heavy atom. The number of carbonyl (C=O) groups is 2. The van der Waals surface area contributed by atoms with Crippen LogP contribution in [0.25, 0.3) is 5.69 Å². The molecule has 3 aromatic rings. The molecular weight excluding hydrogens is 497 g/mol. The summed E-state index contributed by atoms with van der Waals surface area (Å²) in [5.74, 6) is -0.851. The number of morpholine rings is 1. The third-order valence-electron chi connectivity index (χ3n) is 5.04. The van der Waals surface area contributed by atoms with Crippen molar-refractivity contribution in [3.8, 4) is 5.69 Å². The zero-order chi connectivity index (χ0) is 24.5. The van der Waals surface area contributed by atoms with Crippen LogP contribution in [0.5, 0.6) is 0 Å². The zero-order valence-electron chi connectivity index (χ0n) is 17.4. The molecule has 3 heterocycles. The Morgan fingerprint density at radius 1 is 1.29 bits per heavy atom. The maximum Gasteiger partial charge on any atom is 0.418 e. The highest BCUT2D eigenvalue weighted by Gasteiger charge is 2.37. The van der Waals surface area contributed by atoms with Crippen molar-refractivity contribution < 1.29 is 32.6 Å². The van der Waals surface area contributed by atoms with Gasteiger partial charge in [-0.05, 0) is 30.3 Å². The molecule has 4 rings (SSSR count). The minimum absolute atomic E-state index is 0.00746. The van der Waals surface area contributed by atoms with Crippen molar-refractivity contribution in [1.29, 1.82) is 0 Å². The molecule has 34 heavy (non-hydrogen) atoms. The number of amides is 2. The van der Waals surface area contributed by atoms with Crippen LogP contribution >= 0.6 is 22.9 Å². The summed E-state index contributed by atoms with van der Waals surface area (Å²) >= 11 is 6.94. The number of hydrogen-bond acceptors (Lipinski definition) is 6. The van der Waals surface area contributed by atoms with Gasteiger partial charge in [0.1, 0.15) is 19.0 Å². The molecule has 0 aliphatic carbocycles. The van der Waals surface area contributed by atoms with Gasteiger partial charge >= 0.3 is 6.18 Å². The highest BCUT2D eigenvalue weighted by Crippen LogP contribution is 2.38. The molecule has 0 unspecified atom stereocenters. The Kier molecular flexibility index (Phi) is 6.94. The number of nitrogens with one attached hydrogen (secondary N) is 1. The van der Waals surface area contributed by atoms with Crippen LogP contribution in [0.1, 0.15) is 26.8 Å². The van der Waals surface area contributed by atoms with Gasteiger partial charge in [-0.3, -0.25) is 9.59 Å². The Labute approximate surface area is 200 Å². The monoisotopic (exact) mass is 514 g/mol. The Hall–Kier alpha value is -2.93. The Balaban J connectivity index is 1.62. The number of carbonyl (C=O) groups excluding carboxylic acids is 2. The molecule has 2 amide bonds. The number of aromatic nitrogens is 2. The first kappa shape index (κ1) is 24.2. The quantitative estimate of drug-likeness (QED) is 0.525. The lowest BCUT2D eigenvalue weighted by Gasteiger charge is -2.29. The molecule has 0 bridgehead atoms. The number of nitrogens with zero attached hydrogens (tertiary/aromatic N) is 3. The van der Waals surface area contributed by atoms with Gasteiger partial charge < -0.3 is 24.6 Å². The maximum atomic E-state index is 13.9. The van der Waals surface area contributed by atoms with Crippen LogP contribution < -0.4 is 10.2 Å². The number of aliphatic hydroxyl groups excluding tert-OH is 1. The van der Waals surface area contributed by atoms with Crippen molar-refractivity contribution in [3.05, 3.63) is 62.8 Å². The number of aliphatic hydroxyl groups is 1. The van der Waals surface area contributed by atoms with Gasteiger partial charge in [0.2, 0.25) is 0 Å². The molecular formula is C21H18ClF3N4O4S. The number of halogens is 4. The SMILES string of the molecule is O=C(NCc1cn(-c2ccc(N3CCOCC3=O)c(C(F)(F)F)c2)c(CO)n1)c1ccc(Cl)s1. The molecule has 0 spiro atoms. The average molecular weight is 515 g/mol. The van der Waals surface area contributed by atoms with Crippen molar-refractivity contribution in [2.24, 2.45) is 0 Å². The van der Waals surface area contributed by atoms with Crippen LogP contribution in [0.2, 0.25) is 4.34 Å². The van der Waals surface area contributed by atoms with E-state index in [0.29, 0.717) is 14.9 Å². The average Bonchev–Trinajstić information content (AvgIpc) is 3.43. The van der Waals surface area contributed by atoms with E-state index in [1.54, 1.807) is 12.1 Å². The van der Waals surface area contributed by atoms with E-state index in [-0.39, 0.29) is 49.4 Å². The van der Waals surface area contributed by atoms with Crippen molar-refractivity contribution in [1.82, 2.24) is 14.9 Å². The lowest BCUT2D eigenvalue weighted by molar-refractivity contribution is -0.137. The molecule has 1 aliphatic rings. The van der Waals surface area contributed by atoms with E-state index >= 15 is 0 Å². The number of hydrogen-bond donors (Lipinski definition) is 2. The third-order valence-corrected chi connectivity index (χ3v) is 6.27. The number of thiophene rings is 1. The van der Waals surface area contributed by atoms with E-state index in [0.717, 1.165) is 22.3 Å². The van der Waals surface area contributed by atoms with Gasteiger partial charge in [0, 0.05) is 18.4 Å². The second kappa shape index (κ2) is 9.74. The van der Waals surface area contributed by atoms with Crippen LogP contribution in [-0.2, 0) is 28.9 Å². The van der Waals surface area contributed by atoms with E-state index in [4.69, 9.17) is 16.3 Å². The number of anilines is 1. The van der Waals surface area contributed by atoms with Crippen LogP contribution in [-0.4, -0.2) is 46.2 Å². The topological polar surface area (TPSA) is 96.7 Å². The van der Waals surface area contributed by atoms with Crippen molar-refractivity contribution in [3.63, 3.8) is 0 Å². The van der Waals surface area contributed by atoms with Crippen LogP contribution in [0.3, 0.4) is 0 Å². The highest BCUT2D eigenvalue weighted by atomic mass is 35.5. The first-order valence-corrected chi connectivity index (χ1v) is 11.2. The summed E-state index contributed by atoms with van der Waals surface area (Å²) in [6, 6.07) is 6.68. The second-order valence-corrected chi connectivity index (χ2v) is 8.98. The number of rotatable bonds is 6. The fraction of sp³-hybridized carbons (Fsp3) is 0.286. The minimum Gasteiger partial charge on any atom is -0.388 e. The van der Waals surface area contributed by atoms with E-state index in [1.165, 1.54) is 22.9 Å². The summed E-state index contributed by atoms with van der Waals surface area (Å²) in [7, 11) is 0. The third kappa shape index (κ3) is 5.09. The number of alkyl halides is 3. The first-order chi connectivity index (χ1) is 16.2. The Bertz CT molecular complexity index is 1230. The molecule has 180 valence electrons. The van der Waals surface area contributed by atoms with Gasteiger partial charge in [0.15, 0.2) is 0 Å². The van der Waals surface area contributed by atoms with Crippen molar-refractivity contribution in [2.75, 3.05) is 24.7 Å². The summed E-state index contributed by atoms with van der Waals surface area (Å²) in [6.45, 7) is -0.705. The van der Waals surface area contributed by atoms with Gasteiger partial charge in [-0.25, -0.2) is 4.98 Å². The van der Waals surface area contributed by atoms with E-state index in [1.807, 2.05) is 0 Å². The van der Waals surface area contributed by atoms with Crippen molar-refractivity contribution in [2.45, 2.75) is 19.3 Å². The fourth-order valence-corrected chi connectivity index (χ4v) is 4.46. The van der Waals surface area contributed by atoms with Crippen LogP contribution in [0, 0.1) is 0 Å². The Morgan fingerprint density at radius 2 is 2.09 bits per heavy atom. The minimum atomic E-state index is -4.73. The zero-order valence-corrected chi connectivity index (χ0v) is 19.0. The molecule has 8 nitrogen and oxygen atoms in total. The van der Waals surface area contributed by atoms with E-state index in [2.05, 4.69) is 10.3 Å². The lowest BCUT2D eigenvalue weighted by atomic mass is 10.1.